The van der Waals surface area contributed by atoms with E-state index in [-0.39, 0.29) is 17.5 Å². The van der Waals surface area contributed by atoms with Crippen molar-refractivity contribution in [1.29, 1.82) is 0 Å². The molecular weight excluding hydrogens is 276 g/mol. The third kappa shape index (κ3) is 2.96. The van der Waals surface area contributed by atoms with E-state index in [1.165, 1.54) is 0 Å². The summed E-state index contributed by atoms with van der Waals surface area (Å²) in [5, 5.41) is 0.0833. The van der Waals surface area contributed by atoms with Gasteiger partial charge in [-0.05, 0) is 13.3 Å². The van der Waals surface area contributed by atoms with Crippen molar-refractivity contribution >= 4 is 17.6 Å². The van der Waals surface area contributed by atoms with Crippen LogP contribution in [0.1, 0.15) is 30.0 Å². The van der Waals surface area contributed by atoms with Gasteiger partial charge >= 0.3 is 5.97 Å². The Morgan fingerprint density at radius 3 is 2.50 bits per heavy atom. The Hall–Kier alpha value is -1.94. The number of hydrogen-bond donors (Lipinski definition) is 0. The number of carbonyl (C=O) groups is 1. The molecule has 4 nitrogen and oxygen atoms in total. The van der Waals surface area contributed by atoms with Crippen LogP contribution in [0, 0.1) is 0 Å². The summed E-state index contributed by atoms with van der Waals surface area (Å²) in [7, 11) is 0. The molecule has 2 aromatic rings. The SMILES string of the molecule is CCOC(=O)c1nc(-c2ccccc2)c(CC)nc1Cl. The highest BCUT2D eigenvalue weighted by Crippen LogP contribution is 2.24. The van der Waals surface area contributed by atoms with Gasteiger partial charge in [-0.15, -0.1) is 0 Å². The second-order valence-corrected chi connectivity index (χ2v) is 4.46. The van der Waals surface area contributed by atoms with Crippen molar-refractivity contribution in [3.63, 3.8) is 0 Å². The van der Waals surface area contributed by atoms with E-state index in [0.29, 0.717) is 12.1 Å². The molecule has 5 heteroatoms. The number of carbonyl (C=O) groups excluding carboxylic acids is 1. The average molecular weight is 291 g/mol. The first-order chi connectivity index (χ1) is 9.67. The molecular formula is C15H15ClN2O2. The maximum Gasteiger partial charge on any atom is 0.360 e. The van der Waals surface area contributed by atoms with Gasteiger partial charge in [0, 0.05) is 5.56 Å². The number of rotatable bonds is 4. The van der Waals surface area contributed by atoms with Gasteiger partial charge in [0.05, 0.1) is 18.0 Å². The summed E-state index contributed by atoms with van der Waals surface area (Å²) in [4.78, 5) is 20.5. The molecule has 104 valence electrons. The minimum Gasteiger partial charge on any atom is -0.461 e. The quantitative estimate of drug-likeness (QED) is 0.808. The van der Waals surface area contributed by atoms with Gasteiger partial charge in [-0.25, -0.2) is 14.8 Å². The van der Waals surface area contributed by atoms with E-state index in [1.807, 2.05) is 37.3 Å². The number of hydrogen-bond acceptors (Lipinski definition) is 4. The van der Waals surface area contributed by atoms with E-state index in [4.69, 9.17) is 16.3 Å². The van der Waals surface area contributed by atoms with E-state index in [1.54, 1.807) is 6.92 Å². The summed E-state index contributed by atoms with van der Waals surface area (Å²) in [6.07, 6.45) is 0.681. The van der Waals surface area contributed by atoms with Crippen molar-refractivity contribution in [2.45, 2.75) is 20.3 Å². The monoisotopic (exact) mass is 290 g/mol. The molecule has 20 heavy (non-hydrogen) atoms. The van der Waals surface area contributed by atoms with Crippen LogP contribution in [-0.4, -0.2) is 22.5 Å². The summed E-state index contributed by atoms with van der Waals surface area (Å²) in [5.41, 5.74) is 2.39. The lowest BCUT2D eigenvalue weighted by atomic mass is 10.1. The summed E-state index contributed by atoms with van der Waals surface area (Å²) in [6.45, 7) is 3.97. The topological polar surface area (TPSA) is 52.1 Å². The number of ether oxygens (including phenoxy) is 1. The van der Waals surface area contributed by atoms with Gasteiger partial charge in [0.2, 0.25) is 0 Å². The van der Waals surface area contributed by atoms with Gasteiger partial charge in [-0.2, -0.15) is 0 Å². The Kier molecular flexibility index (Phi) is 4.69. The molecule has 0 saturated heterocycles. The van der Waals surface area contributed by atoms with Crippen molar-refractivity contribution in [3.05, 3.63) is 46.9 Å². The molecule has 0 aliphatic heterocycles. The summed E-state index contributed by atoms with van der Waals surface area (Å²) in [5.74, 6) is -0.551. The van der Waals surface area contributed by atoms with Gasteiger partial charge in [0.15, 0.2) is 10.8 Å². The van der Waals surface area contributed by atoms with Gasteiger partial charge in [0.1, 0.15) is 0 Å². The molecule has 0 fully saturated rings. The molecule has 0 saturated carbocycles. The fraction of sp³-hybridized carbons (Fsp3) is 0.267. The van der Waals surface area contributed by atoms with Gasteiger partial charge in [-0.3, -0.25) is 0 Å². The highest BCUT2D eigenvalue weighted by molar-refractivity contribution is 6.32. The number of aryl methyl sites for hydroxylation is 1. The number of halogens is 1. The molecule has 0 spiro atoms. The van der Waals surface area contributed by atoms with Crippen LogP contribution < -0.4 is 0 Å². The average Bonchev–Trinajstić information content (AvgIpc) is 2.48. The van der Waals surface area contributed by atoms with Crippen molar-refractivity contribution in [1.82, 2.24) is 9.97 Å². The first-order valence-electron chi connectivity index (χ1n) is 6.46. The standard InChI is InChI=1S/C15H15ClN2O2/c1-3-11-12(10-8-6-5-7-9-10)18-13(14(16)17-11)15(19)20-4-2/h5-9H,3-4H2,1-2H3. The highest BCUT2D eigenvalue weighted by atomic mass is 35.5. The zero-order valence-corrected chi connectivity index (χ0v) is 12.1. The van der Waals surface area contributed by atoms with Crippen LogP contribution in [0.2, 0.25) is 5.15 Å². The smallest absolute Gasteiger partial charge is 0.360 e. The lowest BCUT2D eigenvalue weighted by Crippen LogP contribution is -2.11. The number of nitrogens with zero attached hydrogens (tertiary/aromatic N) is 2. The largest absolute Gasteiger partial charge is 0.461 e. The van der Waals surface area contributed by atoms with Crippen LogP contribution in [0.15, 0.2) is 30.3 Å². The van der Waals surface area contributed by atoms with E-state index < -0.39 is 5.97 Å². The summed E-state index contributed by atoms with van der Waals surface area (Å²) < 4.78 is 4.95. The molecule has 0 radical (unpaired) electrons. The minimum absolute atomic E-state index is 0.0598. The lowest BCUT2D eigenvalue weighted by molar-refractivity contribution is 0.0519. The molecule has 0 aliphatic rings. The lowest BCUT2D eigenvalue weighted by Gasteiger charge is -2.10. The van der Waals surface area contributed by atoms with Crippen LogP contribution >= 0.6 is 11.6 Å². The molecule has 1 heterocycles. The third-order valence-electron chi connectivity index (χ3n) is 2.78. The maximum absolute atomic E-state index is 11.8. The first kappa shape index (κ1) is 14.5. The van der Waals surface area contributed by atoms with Crippen LogP contribution in [0.25, 0.3) is 11.3 Å². The number of benzene rings is 1. The van der Waals surface area contributed by atoms with Crippen LogP contribution in [-0.2, 0) is 11.2 Å². The Morgan fingerprint density at radius 2 is 1.90 bits per heavy atom. The van der Waals surface area contributed by atoms with Crippen LogP contribution in [0.3, 0.4) is 0 Å². The van der Waals surface area contributed by atoms with Gasteiger partial charge < -0.3 is 4.74 Å². The molecule has 0 atom stereocenters. The second-order valence-electron chi connectivity index (χ2n) is 4.10. The molecule has 0 N–H and O–H groups in total. The summed E-state index contributed by atoms with van der Waals surface area (Å²) >= 11 is 6.02. The van der Waals surface area contributed by atoms with Gasteiger partial charge in [-0.1, -0.05) is 48.9 Å². The maximum atomic E-state index is 11.8. The number of esters is 1. The van der Waals surface area contributed by atoms with Crippen molar-refractivity contribution < 1.29 is 9.53 Å². The molecule has 0 amide bonds. The normalized spacial score (nSPS) is 10.3. The van der Waals surface area contributed by atoms with E-state index >= 15 is 0 Å². The molecule has 0 aliphatic carbocycles. The predicted molar refractivity (Wildman–Crippen MR) is 77.8 cm³/mol. The van der Waals surface area contributed by atoms with Crippen molar-refractivity contribution in [3.8, 4) is 11.3 Å². The zero-order valence-electron chi connectivity index (χ0n) is 11.4. The van der Waals surface area contributed by atoms with Crippen LogP contribution in [0.5, 0.6) is 0 Å². The highest BCUT2D eigenvalue weighted by Gasteiger charge is 2.19. The molecule has 2 rings (SSSR count). The minimum atomic E-state index is -0.551. The van der Waals surface area contributed by atoms with E-state index in [2.05, 4.69) is 9.97 Å². The Bertz CT molecular complexity index is 615. The predicted octanol–water partition coefficient (Wildman–Crippen LogP) is 3.54. The Morgan fingerprint density at radius 1 is 1.20 bits per heavy atom. The van der Waals surface area contributed by atoms with Crippen molar-refractivity contribution in [2.75, 3.05) is 6.61 Å². The van der Waals surface area contributed by atoms with Crippen LogP contribution in [0.4, 0.5) is 0 Å². The summed E-state index contributed by atoms with van der Waals surface area (Å²) in [6, 6.07) is 9.59. The molecule has 0 unspecified atom stereocenters. The van der Waals surface area contributed by atoms with E-state index in [0.717, 1.165) is 11.3 Å². The molecule has 1 aromatic carbocycles. The van der Waals surface area contributed by atoms with Gasteiger partial charge in [0.25, 0.3) is 0 Å². The second kappa shape index (κ2) is 6.48. The van der Waals surface area contributed by atoms with Crippen molar-refractivity contribution in [2.24, 2.45) is 0 Å². The first-order valence-corrected chi connectivity index (χ1v) is 6.84. The zero-order chi connectivity index (χ0) is 14.5. The Balaban J connectivity index is 2.55. The number of aromatic nitrogens is 2. The third-order valence-corrected chi connectivity index (χ3v) is 3.04. The van der Waals surface area contributed by atoms with E-state index in [9.17, 15) is 4.79 Å². The Labute approximate surface area is 122 Å². The fourth-order valence-corrected chi connectivity index (χ4v) is 2.07. The molecule has 1 aromatic heterocycles. The molecule has 0 bridgehead atoms. The fourth-order valence-electron chi connectivity index (χ4n) is 1.85.